The van der Waals surface area contributed by atoms with E-state index in [2.05, 4.69) is 44.9 Å². The minimum Gasteiger partial charge on any atom is -0.396 e. The molecule has 2 aliphatic carbocycles. The van der Waals surface area contributed by atoms with Gasteiger partial charge in [0.1, 0.15) is 11.6 Å². The number of piperazine rings is 2. The highest BCUT2D eigenvalue weighted by molar-refractivity contribution is 5.98. The van der Waals surface area contributed by atoms with E-state index in [4.69, 9.17) is 0 Å². The predicted molar refractivity (Wildman–Crippen MR) is 305 cm³/mol. The second kappa shape index (κ2) is 23.3. The van der Waals surface area contributed by atoms with E-state index in [1.807, 2.05) is 76.5 Å². The van der Waals surface area contributed by atoms with Crippen molar-refractivity contribution in [1.82, 2.24) is 40.2 Å². The molecule has 2 saturated carbocycles. The average molecular weight is 1070 g/mol. The molecule has 10 rings (SSSR count). The summed E-state index contributed by atoms with van der Waals surface area (Å²) in [7, 11) is 0. The third-order valence-electron chi connectivity index (χ3n) is 16.2. The molecule has 2 aliphatic heterocycles. The molecule has 6 aromatic rings. The van der Waals surface area contributed by atoms with Crippen molar-refractivity contribution in [2.24, 2.45) is 10.8 Å². The van der Waals surface area contributed by atoms with Gasteiger partial charge in [0.2, 0.25) is 0 Å². The van der Waals surface area contributed by atoms with Crippen LogP contribution in [0, 0.1) is 36.3 Å². The van der Waals surface area contributed by atoms with Crippen molar-refractivity contribution in [2.75, 3.05) is 65.6 Å². The topological polar surface area (TPSA) is 173 Å². The highest BCUT2D eigenvalue weighted by Crippen LogP contribution is 2.36. The summed E-state index contributed by atoms with van der Waals surface area (Å²) in [6, 6.07) is 17.8. The maximum absolute atomic E-state index is 15.0. The molecule has 2 unspecified atom stereocenters. The second-order valence-electron chi connectivity index (χ2n) is 23.9. The van der Waals surface area contributed by atoms with Crippen LogP contribution in [-0.2, 0) is 13.1 Å². The lowest BCUT2D eigenvalue weighted by atomic mass is 9.92. The quantitative estimate of drug-likeness (QED) is 0.0558. The molecule has 4 aliphatic rings. The number of aliphatic hydroxyl groups is 2. The standard InChI is InChI=1S/2C31H39FN4O3/c2*1-19-25(14-22(15-28(19)32)29(38)34-23-6-7-23)21-5-8-24-26(13-21)27(20(2)35-11-9-33-10-12-35)16-36(30(24)39)17-31(3,4)18-37/h2*5,8,13-16,20,23,33,37H,6-7,9-12,17-18H2,1-4H3,(H,34,38). The Bertz CT molecular complexity index is 3130. The summed E-state index contributed by atoms with van der Waals surface area (Å²) in [4.78, 5) is 57.6. The Morgan fingerprint density at radius 2 is 0.949 bits per heavy atom. The Morgan fingerprint density at radius 3 is 1.28 bits per heavy atom. The lowest BCUT2D eigenvalue weighted by molar-refractivity contribution is 0.0942. The van der Waals surface area contributed by atoms with Crippen molar-refractivity contribution in [2.45, 2.75) is 118 Å². The van der Waals surface area contributed by atoms with Crippen LogP contribution in [0.15, 0.2) is 82.6 Å². The van der Waals surface area contributed by atoms with Crippen molar-refractivity contribution in [3.8, 4) is 22.3 Å². The van der Waals surface area contributed by atoms with Gasteiger partial charge in [0.05, 0.1) is 0 Å². The van der Waals surface area contributed by atoms with Crippen molar-refractivity contribution in [3.63, 3.8) is 0 Å². The minimum atomic E-state index is -0.455. The van der Waals surface area contributed by atoms with E-state index < -0.39 is 22.5 Å². The SMILES string of the molecule is Cc1c(F)cc(C(=O)NC2CC2)cc1-c1ccc2c(=O)n(CC(C)(C)CO)cc(C(C)N3CCNCC3)c2c1.Cc1c(F)cc(C(=O)NC2CC2)cc1-c1ccc2c(=O)n(CC(C)(C)CO)cc(C(C)N3CCNCC3)c2c1. The van der Waals surface area contributed by atoms with Crippen molar-refractivity contribution in [3.05, 3.63) is 139 Å². The molecular weight excluding hydrogens is 991 g/mol. The van der Waals surface area contributed by atoms with Crippen LogP contribution in [0.3, 0.4) is 0 Å². The molecule has 4 aromatic carbocycles. The molecule has 2 atom stereocenters. The molecule has 0 bridgehead atoms. The van der Waals surface area contributed by atoms with Crippen LogP contribution < -0.4 is 32.4 Å². The van der Waals surface area contributed by atoms with E-state index in [1.165, 1.54) is 12.1 Å². The number of carbonyl (C=O) groups is 2. The first-order valence-corrected chi connectivity index (χ1v) is 27.8. The van der Waals surface area contributed by atoms with Gasteiger partial charge in [0, 0.05) is 148 Å². The van der Waals surface area contributed by atoms with E-state index in [9.17, 15) is 29.4 Å². The number of aromatic nitrogens is 2. The van der Waals surface area contributed by atoms with Gasteiger partial charge < -0.3 is 40.6 Å². The van der Waals surface area contributed by atoms with Crippen molar-refractivity contribution < 1.29 is 28.6 Å². The highest BCUT2D eigenvalue weighted by Gasteiger charge is 2.30. The number of hydrogen-bond acceptors (Lipinski definition) is 10. The molecule has 16 heteroatoms. The number of fused-ring (bicyclic) bond motifs is 2. The predicted octanol–water partition coefficient (Wildman–Crippen LogP) is 7.99. The fraction of sp³-hybridized carbons (Fsp3) is 0.484. The van der Waals surface area contributed by atoms with Gasteiger partial charge in [0.25, 0.3) is 22.9 Å². The van der Waals surface area contributed by atoms with Crippen molar-refractivity contribution >= 4 is 33.4 Å². The number of benzene rings is 4. The van der Waals surface area contributed by atoms with Crippen LogP contribution in [-0.4, -0.2) is 119 Å². The molecule has 0 spiro atoms. The van der Waals surface area contributed by atoms with Gasteiger partial charge in [-0.25, -0.2) is 8.78 Å². The first-order valence-electron chi connectivity index (χ1n) is 27.8. The van der Waals surface area contributed by atoms with Crippen LogP contribution in [0.5, 0.6) is 0 Å². The van der Waals surface area contributed by atoms with E-state index in [0.29, 0.717) is 57.2 Å². The van der Waals surface area contributed by atoms with E-state index >= 15 is 8.78 Å². The van der Waals surface area contributed by atoms with Crippen LogP contribution in [0.1, 0.15) is 122 Å². The number of nitrogens with one attached hydrogen (secondary N) is 4. The Morgan fingerprint density at radius 1 is 0.590 bits per heavy atom. The maximum Gasteiger partial charge on any atom is 0.258 e. The molecule has 78 heavy (non-hydrogen) atoms. The first kappa shape index (κ1) is 56.6. The van der Waals surface area contributed by atoms with Crippen LogP contribution in [0.25, 0.3) is 43.8 Å². The monoisotopic (exact) mass is 1070 g/mol. The Kier molecular flexibility index (Phi) is 16.9. The Balaban J connectivity index is 0.000000190. The molecule has 4 fully saturated rings. The van der Waals surface area contributed by atoms with Crippen LogP contribution >= 0.6 is 0 Å². The van der Waals surface area contributed by atoms with Gasteiger partial charge in [-0.2, -0.15) is 0 Å². The summed E-state index contributed by atoms with van der Waals surface area (Å²) in [6.07, 6.45) is 7.70. The van der Waals surface area contributed by atoms with E-state index in [-0.39, 0.29) is 60.3 Å². The van der Waals surface area contributed by atoms with Crippen LogP contribution in [0.4, 0.5) is 8.78 Å². The number of rotatable bonds is 16. The lowest BCUT2D eigenvalue weighted by Gasteiger charge is -2.34. The number of nitrogens with zero attached hydrogens (tertiary/aromatic N) is 4. The molecule has 6 N–H and O–H groups in total. The number of amides is 2. The molecule has 416 valence electrons. The smallest absolute Gasteiger partial charge is 0.258 e. The van der Waals surface area contributed by atoms with Crippen LogP contribution in [0.2, 0.25) is 0 Å². The van der Waals surface area contributed by atoms with Gasteiger partial charge in [-0.15, -0.1) is 0 Å². The molecule has 2 saturated heterocycles. The maximum atomic E-state index is 15.0. The second-order valence-corrected chi connectivity index (χ2v) is 23.9. The molecule has 4 heterocycles. The van der Waals surface area contributed by atoms with Gasteiger partial charge in [-0.3, -0.25) is 29.0 Å². The average Bonchev–Trinajstić information content (AvgIpc) is 4.45. The first-order chi connectivity index (χ1) is 37.1. The zero-order chi connectivity index (χ0) is 55.8. The molecule has 14 nitrogen and oxygen atoms in total. The summed E-state index contributed by atoms with van der Waals surface area (Å²) < 4.78 is 33.5. The zero-order valence-corrected chi connectivity index (χ0v) is 46.6. The summed E-state index contributed by atoms with van der Waals surface area (Å²) in [5.41, 5.74) is 5.24. The number of hydrogen-bond donors (Lipinski definition) is 6. The minimum absolute atomic E-state index is 0.0331. The van der Waals surface area contributed by atoms with Gasteiger partial charge in [-0.05, 0) is 157 Å². The molecule has 2 aromatic heterocycles. The van der Waals surface area contributed by atoms with Gasteiger partial charge in [0.15, 0.2) is 0 Å². The normalized spacial score (nSPS) is 17.4. The fourth-order valence-electron chi connectivity index (χ4n) is 10.8. The van der Waals surface area contributed by atoms with Crippen molar-refractivity contribution in [1.29, 1.82) is 0 Å². The Hall–Kier alpha value is -6.14. The molecule has 2 amide bonds. The summed E-state index contributed by atoms with van der Waals surface area (Å²) in [5.74, 6) is -1.38. The largest absolute Gasteiger partial charge is 0.396 e. The number of pyridine rings is 2. The third-order valence-corrected chi connectivity index (χ3v) is 16.2. The number of aliphatic hydroxyl groups excluding tert-OH is 2. The number of carbonyl (C=O) groups excluding carboxylic acids is 2. The van der Waals surface area contributed by atoms with E-state index in [0.717, 1.165) is 111 Å². The summed E-state index contributed by atoms with van der Waals surface area (Å²) >= 11 is 0. The Labute approximate surface area is 456 Å². The molecular formula is C62H78F2N8O6. The fourth-order valence-corrected chi connectivity index (χ4v) is 10.8. The highest BCUT2D eigenvalue weighted by atomic mass is 19.1. The summed E-state index contributed by atoms with van der Waals surface area (Å²) in [5, 5.41) is 35.3. The van der Waals surface area contributed by atoms with Gasteiger partial charge in [-0.1, -0.05) is 39.8 Å². The number of halogens is 2. The third kappa shape index (κ3) is 12.6. The molecule has 0 radical (unpaired) electrons. The van der Waals surface area contributed by atoms with Gasteiger partial charge >= 0.3 is 0 Å². The zero-order valence-electron chi connectivity index (χ0n) is 46.6. The van der Waals surface area contributed by atoms with E-state index in [1.54, 1.807) is 35.1 Å². The summed E-state index contributed by atoms with van der Waals surface area (Å²) in [6.45, 7) is 23.4. The lowest BCUT2D eigenvalue weighted by Crippen LogP contribution is -2.44.